The molecule has 5 heteroatoms. The molecule has 0 saturated heterocycles. The quantitative estimate of drug-likeness (QED) is 0.641. The van der Waals surface area contributed by atoms with Crippen LogP contribution in [0.25, 0.3) is 0 Å². The van der Waals surface area contributed by atoms with Crippen molar-refractivity contribution in [3.05, 3.63) is 53.6 Å². The van der Waals surface area contributed by atoms with E-state index in [1.165, 1.54) is 7.11 Å². The highest BCUT2D eigenvalue weighted by atomic mass is 35.5. The van der Waals surface area contributed by atoms with E-state index in [-0.39, 0.29) is 11.7 Å². The molecule has 0 amide bonds. The molecule has 23 heavy (non-hydrogen) atoms. The van der Waals surface area contributed by atoms with Gasteiger partial charge in [0.15, 0.2) is 0 Å². The van der Waals surface area contributed by atoms with Crippen molar-refractivity contribution in [3.63, 3.8) is 0 Å². The van der Waals surface area contributed by atoms with E-state index in [9.17, 15) is 9.90 Å². The fourth-order valence-corrected chi connectivity index (χ4v) is 3.42. The molecule has 0 heterocycles. The number of aromatic hydroxyl groups is 1. The molecule has 0 radical (unpaired) electrons. The van der Waals surface area contributed by atoms with E-state index in [1.807, 2.05) is 11.0 Å². The number of phenols is 1. The summed E-state index contributed by atoms with van der Waals surface area (Å²) >= 11 is 6.00. The third-order valence-electron chi connectivity index (χ3n) is 4.36. The molecular formula is C18H22ClNO3. The van der Waals surface area contributed by atoms with E-state index in [0.29, 0.717) is 37.4 Å². The maximum atomic E-state index is 12.6. The Morgan fingerprint density at radius 3 is 2.87 bits per heavy atom. The summed E-state index contributed by atoms with van der Waals surface area (Å²) in [5.74, 6) is -0.0395. The molecule has 1 N–H and O–H groups in total. The molecule has 0 spiro atoms. The monoisotopic (exact) mass is 335 g/mol. The van der Waals surface area contributed by atoms with Crippen LogP contribution in [-0.2, 0) is 22.4 Å². The number of halogens is 1. The van der Waals surface area contributed by atoms with Gasteiger partial charge in [0.2, 0.25) is 0 Å². The number of carbonyl (C=O) groups excluding carboxylic acids is 1. The molecule has 1 atom stereocenters. The van der Waals surface area contributed by atoms with Crippen molar-refractivity contribution in [1.82, 2.24) is 4.90 Å². The minimum atomic E-state index is -0.801. The van der Waals surface area contributed by atoms with Crippen LogP contribution in [0.15, 0.2) is 42.5 Å². The zero-order valence-electron chi connectivity index (χ0n) is 13.3. The second kappa shape index (κ2) is 7.20. The first-order chi connectivity index (χ1) is 10.9. The first-order valence-electron chi connectivity index (χ1n) is 7.51. The van der Waals surface area contributed by atoms with Gasteiger partial charge in [0, 0.05) is 24.5 Å². The van der Waals surface area contributed by atoms with E-state index < -0.39 is 5.54 Å². The molecule has 1 aromatic carbocycles. The number of hydrogen-bond acceptors (Lipinski definition) is 4. The van der Waals surface area contributed by atoms with Gasteiger partial charge >= 0.3 is 5.97 Å². The molecule has 0 bridgehead atoms. The minimum absolute atomic E-state index is 0.242. The van der Waals surface area contributed by atoms with Crippen LogP contribution < -0.4 is 0 Å². The van der Waals surface area contributed by atoms with Crippen LogP contribution in [0.5, 0.6) is 5.75 Å². The highest BCUT2D eigenvalue weighted by molar-refractivity contribution is 6.29. The molecule has 1 aromatic rings. The molecule has 0 aromatic heterocycles. The maximum absolute atomic E-state index is 12.6. The predicted molar refractivity (Wildman–Crippen MR) is 91.6 cm³/mol. The van der Waals surface area contributed by atoms with Crippen LogP contribution in [0.4, 0.5) is 0 Å². The van der Waals surface area contributed by atoms with E-state index in [2.05, 4.69) is 13.2 Å². The summed E-state index contributed by atoms with van der Waals surface area (Å²) < 4.78 is 5.10. The van der Waals surface area contributed by atoms with Gasteiger partial charge in [-0.05, 0) is 36.1 Å². The summed E-state index contributed by atoms with van der Waals surface area (Å²) in [6.45, 7) is 8.42. The first-order valence-corrected chi connectivity index (χ1v) is 7.89. The number of nitrogens with zero attached hydrogens (tertiary/aromatic N) is 1. The topological polar surface area (TPSA) is 49.8 Å². The summed E-state index contributed by atoms with van der Waals surface area (Å²) in [5.41, 5.74) is 1.30. The zero-order valence-corrected chi connectivity index (χ0v) is 14.1. The van der Waals surface area contributed by atoms with Gasteiger partial charge in [0.1, 0.15) is 11.3 Å². The highest BCUT2D eigenvalue weighted by Gasteiger charge is 2.47. The summed E-state index contributed by atoms with van der Waals surface area (Å²) in [6, 6.07) is 5.27. The molecule has 1 unspecified atom stereocenters. The molecular weight excluding hydrogens is 314 g/mol. The maximum Gasteiger partial charge on any atom is 0.326 e. The molecule has 124 valence electrons. The Morgan fingerprint density at radius 2 is 2.26 bits per heavy atom. The fraction of sp³-hybridized carbons (Fsp3) is 0.389. The van der Waals surface area contributed by atoms with Gasteiger partial charge in [-0.2, -0.15) is 0 Å². The van der Waals surface area contributed by atoms with E-state index in [4.69, 9.17) is 16.3 Å². The number of benzene rings is 1. The Hall–Kier alpha value is -1.78. The number of carbonyl (C=O) groups is 1. The number of methoxy groups -OCH3 is 1. The normalized spacial score (nSPS) is 20.0. The SMILES string of the molecule is C=CCN(CC(=C)Cl)C1(C(=O)OC)CCc2cc(O)ccc2C1. The third-order valence-corrected chi connectivity index (χ3v) is 4.48. The Morgan fingerprint density at radius 1 is 1.52 bits per heavy atom. The van der Waals surface area contributed by atoms with E-state index >= 15 is 0 Å². The largest absolute Gasteiger partial charge is 0.508 e. The van der Waals surface area contributed by atoms with E-state index in [1.54, 1.807) is 18.2 Å². The molecule has 0 fully saturated rings. The predicted octanol–water partition coefficient (Wildman–Crippen LogP) is 3.03. The van der Waals surface area contributed by atoms with Gasteiger partial charge in [0.05, 0.1) is 7.11 Å². The molecule has 0 aliphatic heterocycles. The van der Waals surface area contributed by atoms with Crippen molar-refractivity contribution in [2.24, 2.45) is 0 Å². The van der Waals surface area contributed by atoms with Crippen LogP contribution >= 0.6 is 11.6 Å². The van der Waals surface area contributed by atoms with Crippen molar-refractivity contribution >= 4 is 17.6 Å². The average Bonchev–Trinajstić information content (AvgIpc) is 2.52. The van der Waals surface area contributed by atoms with E-state index in [0.717, 1.165) is 11.1 Å². The van der Waals surface area contributed by atoms with Gasteiger partial charge in [-0.25, -0.2) is 0 Å². The lowest BCUT2D eigenvalue weighted by Gasteiger charge is -2.44. The van der Waals surface area contributed by atoms with Crippen LogP contribution in [0.2, 0.25) is 0 Å². The molecule has 1 aliphatic carbocycles. The number of rotatable bonds is 6. The number of esters is 1. The Balaban J connectivity index is 2.44. The van der Waals surface area contributed by atoms with Crippen molar-refractivity contribution < 1.29 is 14.6 Å². The number of ether oxygens (including phenoxy) is 1. The highest BCUT2D eigenvalue weighted by Crippen LogP contribution is 2.36. The minimum Gasteiger partial charge on any atom is -0.508 e. The lowest BCUT2D eigenvalue weighted by molar-refractivity contribution is -0.156. The van der Waals surface area contributed by atoms with Gasteiger partial charge in [0.25, 0.3) is 0 Å². The van der Waals surface area contributed by atoms with Gasteiger partial charge in [-0.3, -0.25) is 9.69 Å². The van der Waals surface area contributed by atoms with Crippen LogP contribution in [-0.4, -0.2) is 41.7 Å². The lowest BCUT2D eigenvalue weighted by atomic mass is 9.76. The van der Waals surface area contributed by atoms with Crippen molar-refractivity contribution in [2.75, 3.05) is 20.2 Å². The molecule has 4 nitrogen and oxygen atoms in total. The Kier molecular flexibility index (Phi) is 5.50. The second-order valence-electron chi connectivity index (χ2n) is 5.84. The van der Waals surface area contributed by atoms with Crippen LogP contribution in [0, 0.1) is 0 Å². The first kappa shape index (κ1) is 17.6. The number of hydrogen-bond donors (Lipinski definition) is 1. The Labute approximate surface area is 142 Å². The smallest absolute Gasteiger partial charge is 0.326 e. The second-order valence-corrected chi connectivity index (χ2v) is 6.37. The lowest BCUT2D eigenvalue weighted by Crippen LogP contribution is -2.58. The fourth-order valence-electron chi connectivity index (χ4n) is 3.28. The molecule has 2 rings (SSSR count). The molecule has 0 saturated carbocycles. The summed E-state index contributed by atoms with van der Waals surface area (Å²) in [6.07, 6.45) is 3.53. The summed E-state index contributed by atoms with van der Waals surface area (Å²) in [7, 11) is 1.40. The molecule has 1 aliphatic rings. The third kappa shape index (κ3) is 3.59. The summed E-state index contributed by atoms with van der Waals surface area (Å²) in [4.78, 5) is 14.6. The van der Waals surface area contributed by atoms with Crippen LogP contribution in [0.1, 0.15) is 17.5 Å². The summed E-state index contributed by atoms with van der Waals surface area (Å²) in [5, 5.41) is 10.1. The van der Waals surface area contributed by atoms with Crippen molar-refractivity contribution in [3.8, 4) is 5.75 Å². The van der Waals surface area contributed by atoms with Gasteiger partial charge in [-0.15, -0.1) is 6.58 Å². The number of fused-ring (bicyclic) bond motifs is 1. The van der Waals surface area contributed by atoms with Gasteiger partial charge < -0.3 is 9.84 Å². The van der Waals surface area contributed by atoms with Crippen molar-refractivity contribution in [2.45, 2.75) is 24.8 Å². The van der Waals surface area contributed by atoms with Crippen LogP contribution in [0.3, 0.4) is 0 Å². The standard InChI is InChI=1S/C18H22ClNO3/c1-4-9-20(12-13(2)19)18(17(22)23-3)8-7-14-10-16(21)6-5-15(14)11-18/h4-6,10,21H,1-2,7-9,11-12H2,3H3. The number of phenolic OH excluding ortho intramolecular Hbond substituents is 1. The van der Waals surface area contributed by atoms with Gasteiger partial charge in [-0.1, -0.05) is 30.3 Å². The van der Waals surface area contributed by atoms with Crippen molar-refractivity contribution in [1.29, 1.82) is 0 Å². The Bertz CT molecular complexity index is 629. The zero-order chi connectivity index (χ0) is 17.0. The average molecular weight is 336 g/mol. The number of aryl methyl sites for hydroxylation is 1.